The Hall–Kier alpha value is -1.13. The number of rotatable bonds is 3. The van der Waals surface area contributed by atoms with Crippen molar-refractivity contribution in [1.82, 2.24) is 5.32 Å². The van der Waals surface area contributed by atoms with E-state index < -0.39 is 0 Å². The number of halogens is 2. The second-order valence-corrected chi connectivity index (χ2v) is 6.73. The average molecular weight is 395 g/mol. The van der Waals surface area contributed by atoms with E-state index in [-0.39, 0.29) is 11.9 Å². The van der Waals surface area contributed by atoms with E-state index in [0.717, 1.165) is 15.4 Å². The topological polar surface area (TPSA) is 29.1 Å². The van der Waals surface area contributed by atoms with Gasteiger partial charge in [0.25, 0.3) is 5.91 Å². The number of hydrogen-bond donors (Lipinski definition) is 1. The molecule has 0 bridgehead atoms. The van der Waals surface area contributed by atoms with Crippen molar-refractivity contribution in [2.75, 3.05) is 0 Å². The maximum Gasteiger partial charge on any atom is 0.252 e. The normalized spacial score (nSPS) is 20.5. The summed E-state index contributed by atoms with van der Waals surface area (Å²) in [6.45, 7) is 0. The molecular formula is C16H13Br2NO. The molecule has 0 spiro atoms. The van der Waals surface area contributed by atoms with E-state index in [4.69, 9.17) is 0 Å². The third kappa shape index (κ3) is 2.96. The average Bonchev–Trinajstić information content (AvgIpc) is 3.18. The molecule has 20 heavy (non-hydrogen) atoms. The van der Waals surface area contributed by atoms with Gasteiger partial charge in [-0.1, -0.05) is 46.3 Å². The molecule has 4 heteroatoms. The van der Waals surface area contributed by atoms with Gasteiger partial charge >= 0.3 is 0 Å². The predicted octanol–water partition coefficient (Wildman–Crippen LogP) is 4.50. The lowest BCUT2D eigenvalue weighted by molar-refractivity contribution is 0.0949. The Balaban J connectivity index is 1.66. The summed E-state index contributed by atoms with van der Waals surface area (Å²) >= 11 is 6.81. The van der Waals surface area contributed by atoms with E-state index in [9.17, 15) is 4.79 Å². The standard InChI is InChI=1S/C16H13Br2NO/c17-11-6-7-12(14(18)8-11)16(20)19-15-9-13(15)10-4-2-1-3-5-10/h1-8,13,15H,9H2,(H,19,20). The summed E-state index contributed by atoms with van der Waals surface area (Å²) in [5.74, 6) is 0.433. The van der Waals surface area contributed by atoms with E-state index in [1.165, 1.54) is 5.56 Å². The number of nitrogens with one attached hydrogen (secondary N) is 1. The molecule has 0 aromatic heterocycles. The van der Waals surface area contributed by atoms with Gasteiger partial charge in [-0.15, -0.1) is 0 Å². The summed E-state index contributed by atoms with van der Waals surface area (Å²) in [4.78, 5) is 12.2. The first-order valence-corrected chi connectivity index (χ1v) is 8.04. The zero-order valence-corrected chi connectivity index (χ0v) is 13.8. The van der Waals surface area contributed by atoms with Crippen LogP contribution in [-0.2, 0) is 0 Å². The van der Waals surface area contributed by atoms with Crippen molar-refractivity contribution in [1.29, 1.82) is 0 Å². The number of benzene rings is 2. The molecule has 1 fully saturated rings. The van der Waals surface area contributed by atoms with Crippen molar-refractivity contribution < 1.29 is 4.79 Å². The van der Waals surface area contributed by atoms with Crippen LogP contribution in [0.2, 0.25) is 0 Å². The lowest BCUT2D eigenvalue weighted by Crippen LogP contribution is -2.26. The third-order valence-electron chi connectivity index (χ3n) is 3.51. The summed E-state index contributed by atoms with van der Waals surface area (Å²) in [6.07, 6.45) is 1.02. The monoisotopic (exact) mass is 393 g/mol. The van der Waals surface area contributed by atoms with Crippen molar-refractivity contribution in [2.24, 2.45) is 0 Å². The van der Waals surface area contributed by atoms with Crippen molar-refractivity contribution in [3.63, 3.8) is 0 Å². The van der Waals surface area contributed by atoms with Crippen LogP contribution in [0.4, 0.5) is 0 Å². The highest BCUT2D eigenvalue weighted by Gasteiger charge is 2.39. The van der Waals surface area contributed by atoms with E-state index >= 15 is 0 Å². The van der Waals surface area contributed by atoms with Crippen molar-refractivity contribution >= 4 is 37.8 Å². The van der Waals surface area contributed by atoms with Crippen LogP contribution in [0, 0.1) is 0 Å². The maximum atomic E-state index is 12.2. The van der Waals surface area contributed by atoms with E-state index in [2.05, 4.69) is 49.3 Å². The molecule has 1 amide bonds. The van der Waals surface area contributed by atoms with Gasteiger partial charge in [0.1, 0.15) is 0 Å². The zero-order valence-electron chi connectivity index (χ0n) is 10.6. The van der Waals surface area contributed by atoms with Crippen LogP contribution in [0.15, 0.2) is 57.5 Å². The number of hydrogen-bond acceptors (Lipinski definition) is 1. The van der Waals surface area contributed by atoms with Gasteiger partial charge in [-0.25, -0.2) is 0 Å². The Kier molecular flexibility index (Phi) is 3.94. The molecule has 2 aromatic rings. The molecule has 0 saturated heterocycles. The molecular weight excluding hydrogens is 382 g/mol. The van der Waals surface area contributed by atoms with E-state index in [0.29, 0.717) is 11.5 Å². The molecule has 2 nitrogen and oxygen atoms in total. The summed E-state index contributed by atoms with van der Waals surface area (Å²) in [5.41, 5.74) is 1.97. The minimum atomic E-state index is -0.0205. The van der Waals surface area contributed by atoms with Gasteiger partial charge in [0.15, 0.2) is 0 Å². The Bertz CT molecular complexity index is 642. The molecule has 102 valence electrons. The minimum Gasteiger partial charge on any atom is -0.349 e. The molecule has 1 saturated carbocycles. The molecule has 0 heterocycles. The third-order valence-corrected chi connectivity index (χ3v) is 4.66. The number of carbonyl (C=O) groups excluding carboxylic acids is 1. The fourth-order valence-corrected chi connectivity index (χ4v) is 3.57. The van der Waals surface area contributed by atoms with Gasteiger partial charge in [-0.05, 0) is 46.1 Å². The molecule has 2 atom stereocenters. The second kappa shape index (κ2) is 5.70. The number of carbonyl (C=O) groups is 1. The first-order chi connectivity index (χ1) is 9.65. The fraction of sp³-hybridized carbons (Fsp3) is 0.188. The zero-order chi connectivity index (χ0) is 14.1. The predicted molar refractivity (Wildman–Crippen MR) is 86.9 cm³/mol. The summed E-state index contributed by atoms with van der Waals surface area (Å²) in [6, 6.07) is 16.2. The highest BCUT2D eigenvalue weighted by molar-refractivity contribution is 9.11. The molecule has 2 unspecified atom stereocenters. The van der Waals surface area contributed by atoms with Crippen molar-refractivity contribution in [3.8, 4) is 0 Å². The molecule has 1 N–H and O–H groups in total. The van der Waals surface area contributed by atoms with Crippen LogP contribution in [0.25, 0.3) is 0 Å². The highest BCUT2D eigenvalue weighted by Crippen LogP contribution is 2.40. The molecule has 1 aliphatic rings. The molecule has 0 aliphatic heterocycles. The van der Waals surface area contributed by atoms with Crippen molar-refractivity contribution in [3.05, 3.63) is 68.6 Å². The first-order valence-electron chi connectivity index (χ1n) is 6.46. The first kappa shape index (κ1) is 13.8. The highest BCUT2D eigenvalue weighted by atomic mass is 79.9. The Morgan fingerprint density at radius 2 is 1.85 bits per heavy atom. The Morgan fingerprint density at radius 1 is 1.10 bits per heavy atom. The minimum absolute atomic E-state index is 0.0205. The summed E-state index contributed by atoms with van der Waals surface area (Å²) in [7, 11) is 0. The van der Waals surface area contributed by atoms with E-state index in [1.54, 1.807) is 0 Å². The SMILES string of the molecule is O=C(NC1CC1c1ccccc1)c1ccc(Br)cc1Br. The fourth-order valence-electron chi connectivity index (χ4n) is 2.34. The second-order valence-electron chi connectivity index (χ2n) is 4.96. The Morgan fingerprint density at radius 3 is 2.55 bits per heavy atom. The molecule has 2 aromatic carbocycles. The summed E-state index contributed by atoms with van der Waals surface area (Å²) < 4.78 is 1.76. The Labute approximate surface area is 134 Å². The van der Waals surface area contributed by atoms with Gasteiger partial charge in [0.2, 0.25) is 0 Å². The lowest BCUT2D eigenvalue weighted by Gasteiger charge is -2.07. The molecule has 3 rings (SSSR count). The van der Waals surface area contributed by atoms with Crippen LogP contribution < -0.4 is 5.32 Å². The summed E-state index contributed by atoms with van der Waals surface area (Å²) in [5, 5.41) is 3.09. The largest absolute Gasteiger partial charge is 0.349 e. The maximum absolute atomic E-state index is 12.2. The van der Waals surface area contributed by atoms with Gasteiger partial charge in [0.05, 0.1) is 5.56 Å². The van der Waals surface area contributed by atoms with Crippen LogP contribution in [0.3, 0.4) is 0 Å². The quantitative estimate of drug-likeness (QED) is 0.815. The van der Waals surface area contributed by atoms with Crippen LogP contribution in [0.1, 0.15) is 28.3 Å². The van der Waals surface area contributed by atoms with Crippen molar-refractivity contribution in [2.45, 2.75) is 18.4 Å². The number of amides is 1. The van der Waals surface area contributed by atoms with Gasteiger partial charge in [0, 0.05) is 20.9 Å². The smallest absolute Gasteiger partial charge is 0.252 e. The van der Waals surface area contributed by atoms with Gasteiger partial charge < -0.3 is 5.32 Å². The van der Waals surface area contributed by atoms with Crippen LogP contribution >= 0.6 is 31.9 Å². The van der Waals surface area contributed by atoms with Gasteiger partial charge in [-0.2, -0.15) is 0 Å². The lowest BCUT2D eigenvalue weighted by atomic mass is 10.1. The molecule has 1 aliphatic carbocycles. The molecule has 0 radical (unpaired) electrons. The van der Waals surface area contributed by atoms with Crippen LogP contribution in [-0.4, -0.2) is 11.9 Å². The van der Waals surface area contributed by atoms with Gasteiger partial charge in [-0.3, -0.25) is 4.79 Å². The van der Waals surface area contributed by atoms with E-state index in [1.807, 2.05) is 36.4 Å². The van der Waals surface area contributed by atoms with Crippen LogP contribution in [0.5, 0.6) is 0 Å².